The monoisotopic (exact) mass is 494 g/mol. The van der Waals surface area contributed by atoms with Crippen molar-refractivity contribution in [1.29, 1.82) is 0 Å². The van der Waals surface area contributed by atoms with Gasteiger partial charge >= 0.3 is 0 Å². The molecule has 5 aromatic rings. The fourth-order valence-corrected chi connectivity index (χ4v) is 10.3. The van der Waals surface area contributed by atoms with Crippen molar-refractivity contribution in [2.45, 2.75) is 42.9 Å². The molecule has 3 unspecified atom stereocenters. The summed E-state index contributed by atoms with van der Waals surface area (Å²) < 4.78 is 0. The van der Waals surface area contributed by atoms with E-state index in [0.717, 1.165) is 6.42 Å². The first-order valence-corrected chi connectivity index (χ1v) is 14.5. The molecule has 6 aliphatic rings. The lowest BCUT2D eigenvalue weighted by molar-refractivity contribution is 0.573. The Balaban J connectivity index is 1.41. The molecule has 0 heterocycles. The van der Waals surface area contributed by atoms with Gasteiger partial charge < -0.3 is 0 Å². The lowest BCUT2D eigenvalue weighted by Crippen LogP contribution is -2.42. The average molecular weight is 495 g/mol. The van der Waals surface area contributed by atoms with E-state index >= 15 is 0 Å². The zero-order valence-electron chi connectivity index (χ0n) is 22.1. The number of rotatable bonds is 0. The van der Waals surface area contributed by atoms with Crippen LogP contribution in [0.4, 0.5) is 0 Å². The molecule has 0 N–H and O–H groups in total. The molecule has 0 saturated carbocycles. The van der Waals surface area contributed by atoms with Gasteiger partial charge in [-0.2, -0.15) is 0 Å². The standard InChI is InChI=1S/C39H26/c1-38(2)27-13-6-11-24-25-17-16-22-18-21-9-5-12-26-31-23-10-4-3-8-20(23)19-30(31)39(36(21)26)29-15-7-14-28(38)34(29)35(32(24)27)33(25)37(22)39/h3-17,19,31,35H,18H2,1-2H3. The zero-order chi connectivity index (χ0) is 25.4. The topological polar surface area (TPSA) is 0 Å². The Kier molecular flexibility index (Phi) is 2.99. The van der Waals surface area contributed by atoms with Crippen LogP contribution in [-0.2, 0) is 17.3 Å². The molecule has 0 fully saturated rings. The van der Waals surface area contributed by atoms with Gasteiger partial charge in [-0.1, -0.05) is 111 Å². The quantitative estimate of drug-likeness (QED) is 0.198. The Labute approximate surface area is 228 Å². The maximum Gasteiger partial charge on any atom is 0.0688 e. The van der Waals surface area contributed by atoms with E-state index in [1.165, 1.54) is 50.1 Å². The van der Waals surface area contributed by atoms with E-state index in [9.17, 15) is 0 Å². The van der Waals surface area contributed by atoms with E-state index in [0.29, 0.717) is 11.8 Å². The molecule has 0 aliphatic heterocycles. The molecule has 0 saturated heterocycles. The van der Waals surface area contributed by atoms with Crippen LogP contribution in [0, 0.1) is 0 Å². The van der Waals surface area contributed by atoms with E-state index in [4.69, 9.17) is 0 Å². The summed E-state index contributed by atoms with van der Waals surface area (Å²) in [5.74, 6) is 0.685. The van der Waals surface area contributed by atoms with Crippen LogP contribution in [0.2, 0.25) is 0 Å². The van der Waals surface area contributed by atoms with Crippen LogP contribution in [0.15, 0.2) is 96.6 Å². The largest absolute Gasteiger partial charge is 0.0688 e. The second-order valence-electron chi connectivity index (χ2n) is 13.1. The molecule has 39 heavy (non-hydrogen) atoms. The van der Waals surface area contributed by atoms with Crippen molar-refractivity contribution in [2.24, 2.45) is 0 Å². The molecule has 0 radical (unpaired) electrons. The lowest BCUT2D eigenvalue weighted by atomic mass is 9.51. The van der Waals surface area contributed by atoms with Crippen LogP contribution in [0.3, 0.4) is 0 Å². The third-order valence-electron chi connectivity index (χ3n) is 11.4. The summed E-state index contributed by atoms with van der Waals surface area (Å²) >= 11 is 0. The van der Waals surface area contributed by atoms with E-state index in [1.54, 1.807) is 39.0 Å². The van der Waals surface area contributed by atoms with Crippen molar-refractivity contribution >= 4 is 6.08 Å². The molecule has 182 valence electrons. The van der Waals surface area contributed by atoms with Gasteiger partial charge in [-0.05, 0) is 95.4 Å². The fourth-order valence-electron chi connectivity index (χ4n) is 10.3. The van der Waals surface area contributed by atoms with Gasteiger partial charge in [0.25, 0.3) is 0 Å². The summed E-state index contributed by atoms with van der Waals surface area (Å²) in [7, 11) is 0. The summed E-state index contributed by atoms with van der Waals surface area (Å²) in [5, 5.41) is 0. The minimum Gasteiger partial charge on any atom is -0.0619 e. The van der Waals surface area contributed by atoms with Gasteiger partial charge in [0.05, 0.1) is 5.41 Å². The van der Waals surface area contributed by atoms with Crippen LogP contribution < -0.4 is 0 Å². The third-order valence-corrected chi connectivity index (χ3v) is 11.4. The Bertz CT molecular complexity index is 2080. The molecule has 0 heteroatoms. The molecule has 5 aromatic carbocycles. The third kappa shape index (κ3) is 1.81. The van der Waals surface area contributed by atoms with Gasteiger partial charge in [0, 0.05) is 17.3 Å². The minimum absolute atomic E-state index is 0.0335. The number of hydrogen-bond donors (Lipinski definition) is 0. The number of fused-ring (bicyclic) bond motifs is 5. The van der Waals surface area contributed by atoms with E-state index in [2.05, 4.69) is 111 Å². The SMILES string of the molecule is CC1(C)c2cccc3c2C2c4c1cccc4C14C5=Cc6ccccc6C5c5cccc(c51)Cc1ccc-3c2c14. The van der Waals surface area contributed by atoms with E-state index in [1.807, 2.05) is 0 Å². The van der Waals surface area contributed by atoms with Gasteiger partial charge in [-0.3, -0.25) is 0 Å². The predicted octanol–water partition coefficient (Wildman–Crippen LogP) is 8.58. The smallest absolute Gasteiger partial charge is 0.0619 e. The molecule has 0 nitrogen and oxygen atoms in total. The highest BCUT2D eigenvalue weighted by atomic mass is 14.6. The Morgan fingerprint density at radius 2 is 1.28 bits per heavy atom. The number of benzene rings is 5. The summed E-state index contributed by atoms with van der Waals surface area (Å²) in [4.78, 5) is 0. The zero-order valence-corrected chi connectivity index (χ0v) is 22.1. The Hall–Kier alpha value is -4.16. The van der Waals surface area contributed by atoms with Crippen molar-refractivity contribution in [1.82, 2.24) is 0 Å². The van der Waals surface area contributed by atoms with Crippen LogP contribution in [0.1, 0.15) is 98.0 Å². The van der Waals surface area contributed by atoms with Crippen LogP contribution in [0.5, 0.6) is 0 Å². The molecule has 0 bridgehead atoms. The van der Waals surface area contributed by atoms with Crippen molar-refractivity contribution in [2.75, 3.05) is 0 Å². The van der Waals surface area contributed by atoms with Crippen LogP contribution in [0.25, 0.3) is 17.2 Å². The fraction of sp³-hybridized carbons (Fsp3) is 0.179. The summed E-state index contributed by atoms with van der Waals surface area (Å²) in [6.07, 6.45) is 3.62. The highest BCUT2D eigenvalue weighted by molar-refractivity contribution is 5.94. The predicted molar refractivity (Wildman–Crippen MR) is 157 cm³/mol. The maximum atomic E-state index is 2.58. The second-order valence-corrected chi connectivity index (χ2v) is 13.1. The summed E-state index contributed by atoms with van der Waals surface area (Å²) in [6.45, 7) is 4.91. The maximum absolute atomic E-state index is 2.58. The van der Waals surface area contributed by atoms with E-state index in [-0.39, 0.29) is 10.8 Å². The first-order chi connectivity index (χ1) is 19.1. The van der Waals surface area contributed by atoms with Gasteiger partial charge in [0.1, 0.15) is 0 Å². The molecular weight excluding hydrogens is 468 g/mol. The highest BCUT2D eigenvalue weighted by Crippen LogP contribution is 2.72. The van der Waals surface area contributed by atoms with Gasteiger partial charge in [0.15, 0.2) is 0 Å². The second kappa shape index (κ2) is 5.87. The Morgan fingerprint density at radius 1 is 0.564 bits per heavy atom. The molecule has 0 amide bonds. The minimum atomic E-state index is -0.216. The summed E-state index contributed by atoms with van der Waals surface area (Å²) in [5.41, 5.74) is 24.4. The Morgan fingerprint density at radius 3 is 2.21 bits per heavy atom. The molecule has 11 rings (SSSR count). The molecular formula is C39H26. The lowest BCUT2D eigenvalue weighted by Gasteiger charge is -2.50. The van der Waals surface area contributed by atoms with Gasteiger partial charge in [0.2, 0.25) is 0 Å². The van der Waals surface area contributed by atoms with Crippen molar-refractivity contribution in [3.8, 4) is 11.1 Å². The van der Waals surface area contributed by atoms with Gasteiger partial charge in [-0.15, -0.1) is 0 Å². The molecule has 3 atom stereocenters. The highest BCUT2D eigenvalue weighted by Gasteiger charge is 2.62. The average Bonchev–Trinajstić information content (AvgIpc) is 3.60. The van der Waals surface area contributed by atoms with E-state index < -0.39 is 0 Å². The van der Waals surface area contributed by atoms with Crippen LogP contribution in [-0.4, -0.2) is 0 Å². The molecule has 6 aliphatic carbocycles. The van der Waals surface area contributed by atoms with Crippen LogP contribution >= 0.6 is 0 Å². The molecule has 0 aromatic heterocycles. The first kappa shape index (κ1) is 19.8. The molecule has 1 spiro atoms. The van der Waals surface area contributed by atoms with Gasteiger partial charge in [-0.25, -0.2) is 0 Å². The van der Waals surface area contributed by atoms with Crippen molar-refractivity contribution < 1.29 is 0 Å². The number of allylic oxidation sites excluding steroid dienone is 1. The number of hydrogen-bond acceptors (Lipinski definition) is 0. The first-order valence-electron chi connectivity index (χ1n) is 14.5. The summed E-state index contributed by atoms with van der Waals surface area (Å²) in [6, 6.07) is 35.7. The van der Waals surface area contributed by atoms with Crippen molar-refractivity contribution in [3.63, 3.8) is 0 Å². The van der Waals surface area contributed by atoms with Crippen molar-refractivity contribution in [3.05, 3.63) is 169 Å². The normalized spacial score (nSPS) is 25.0.